The molecule has 30 heavy (non-hydrogen) atoms. The van der Waals surface area contributed by atoms with Gasteiger partial charge < -0.3 is 19.8 Å². The molecule has 1 aliphatic heterocycles. The summed E-state index contributed by atoms with van der Waals surface area (Å²) in [6.45, 7) is 4.74. The highest BCUT2D eigenvalue weighted by molar-refractivity contribution is 5.94. The summed E-state index contributed by atoms with van der Waals surface area (Å²) in [5.74, 6) is 0.0735. The van der Waals surface area contributed by atoms with Gasteiger partial charge in [0.05, 0.1) is 24.5 Å². The molecule has 8 nitrogen and oxygen atoms in total. The molecule has 1 aromatic carbocycles. The van der Waals surface area contributed by atoms with E-state index in [4.69, 9.17) is 14.9 Å². The standard InChI is InChI=1S/C22H22N4O4/c1-13-20(30-14(2)25-13)22(28)26-8-9-29-19(12-26)18-7-6-17(11-24-18)15-4-3-5-16(10-15)21(23)27/h3-7,10-11,19H,8-9,12H2,1-2H3,(H2,23,27). The number of carbonyl (C=O) groups excluding carboxylic acids is 2. The third kappa shape index (κ3) is 3.95. The molecule has 0 spiro atoms. The van der Waals surface area contributed by atoms with Crippen molar-refractivity contribution in [3.8, 4) is 11.1 Å². The Morgan fingerprint density at radius 1 is 1.17 bits per heavy atom. The summed E-state index contributed by atoms with van der Waals surface area (Å²) in [4.78, 5) is 34.6. The third-order valence-electron chi connectivity index (χ3n) is 5.05. The number of aromatic nitrogens is 2. The Bertz CT molecular complexity index is 1090. The highest BCUT2D eigenvalue weighted by atomic mass is 16.5. The van der Waals surface area contributed by atoms with E-state index in [0.717, 1.165) is 16.8 Å². The number of nitrogens with two attached hydrogens (primary N) is 1. The van der Waals surface area contributed by atoms with E-state index in [9.17, 15) is 9.59 Å². The molecule has 2 amide bonds. The Morgan fingerprint density at radius 2 is 2.00 bits per heavy atom. The summed E-state index contributed by atoms with van der Waals surface area (Å²) in [5, 5.41) is 0. The minimum Gasteiger partial charge on any atom is -0.436 e. The molecule has 0 saturated carbocycles. The number of amides is 2. The van der Waals surface area contributed by atoms with Crippen LogP contribution in [0.3, 0.4) is 0 Å². The zero-order valence-corrected chi connectivity index (χ0v) is 16.8. The van der Waals surface area contributed by atoms with Crippen LogP contribution in [0, 0.1) is 13.8 Å². The number of pyridine rings is 1. The highest BCUT2D eigenvalue weighted by Gasteiger charge is 2.29. The lowest BCUT2D eigenvalue weighted by Gasteiger charge is -2.32. The van der Waals surface area contributed by atoms with E-state index >= 15 is 0 Å². The average molecular weight is 406 g/mol. The molecule has 154 valence electrons. The summed E-state index contributed by atoms with van der Waals surface area (Å²) in [6, 6.07) is 10.9. The molecule has 2 N–H and O–H groups in total. The minimum absolute atomic E-state index is 0.193. The van der Waals surface area contributed by atoms with Crippen molar-refractivity contribution in [1.29, 1.82) is 0 Å². The fourth-order valence-electron chi connectivity index (χ4n) is 3.50. The van der Waals surface area contributed by atoms with Crippen molar-refractivity contribution in [2.75, 3.05) is 19.7 Å². The molecule has 0 radical (unpaired) electrons. The maximum Gasteiger partial charge on any atom is 0.291 e. The Hall–Kier alpha value is -3.52. The molecule has 1 unspecified atom stereocenters. The monoisotopic (exact) mass is 406 g/mol. The number of hydrogen-bond acceptors (Lipinski definition) is 6. The quantitative estimate of drug-likeness (QED) is 0.713. The lowest BCUT2D eigenvalue weighted by molar-refractivity contribution is -0.0257. The van der Waals surface area contributed by atoms with Gasteiger partial charge in [0.1, 0.15) is 6.10 Å². The lowest BCUT2D eigenvalue weighted by Crippen LogP contribution is -2.42. The van der Waals surface area contributed by atoms with Crippen LogP contribution in [0.25, 0.3) is 11.1 Å². The van der Waals surface area contributed by atoms with Gasteiger partial charge in [-0.2, -0.15) is 0 Å². The maximum atomic E-state index is 12.8. The number of oxazole rings is 1. The number of primary amides is 1. The van der Waals surface area contributed by atoms with Crippen LogP contribution in [0.1, 0.15) is 44.3 Å². The van der Waals surface area contributed by atoms with Gasteiger partial charge in [-0.05, 0) is 30.7 Å². The first-order valence-electron chi connectivity index (χ1n) is 9.63. The van der Waals surface area contributed by atoms with Gasteiger partial charge in [-0.25, -0.2) is 4.98 Å². The molecule has 4 rings (SSSR count). The van der Waals surface area contributed by atoms with Crippen LogP contribution in [0.4, 0.5) is 0 Å². The second-order valence-corrected chi connectivity index (χ2v) is 7.17. The predicted octanol–water partition coefficient (Wildman–Crippen LogP) is 2.67. The lowest BCUT2D eigenvalue weighted by atomic mass is 10.0. The molecule has 3 heterocycles. The molecular weight excluding hydrogens is 384 g/mol. The van der Waals surface area contributed by atoms with Crippen LogP contribution in [0.15, 0.2) is 47.0 Å². The molecule has 1 fully saturated rings. The summed E-state index contributed by atoms with van der Waals surface area (Å²) < 4.78 is 11.3. The minimum atomic E-state index is -0.473. The average Bonchev–Trinajstić information content (AvgIpc) is 3.11. The van der Waals surface area contributed by atoms with Crippen LogP contribution in [0.2, 0.25) is 0 Å². The van der Waals surface area contributed by atoms with Gasteiger partial charge in [-0.15, -0.1) is 0 Å². The van der Waals surface area contributed by atoms with Crippen LogP contribution in [-0.4, -0.2) is 46.4 Å². The van der Waals surface area contributed by atoms with Gasteiger partial charge in [0.15, 0.2) is 5.89 Å². The normalized spacial score (nSPS) is 16.5. The van der Waals surface area contributed by atoms with E-state index in [2.05, 4.69) is 9.97 Å². The Balaban J connectivity index is 1.50. The molecule has 1 aliphatic rings. The smallest absolute Gasteiger partial charge is 0.291 e. The molecule has 1 atom stereocenters. The third-order valence-corrected chi connectivity index (χ3v) is 5.05. The maximum absolute atomic E-state index is 12.8. The Kier molecular flexibility index (Phi) is 5.33. The first kappa shape index (κ1) is 19.8. The van der Waals surface area contributed by atoms with Crippen LogP contribution in [0.5, 0.6) is 0 Å². The van der Waals surface area contributed by atoms with E-state index in [1.807, 2.05) is 18.2 Å². The number of nitrogens with zero attached hydrogens (tertiary/aromatic N) is 3. The van der Waals surface area contributed by atoms with Gasteiger partial charge in [0, 0.05) is 30.8 Å². The second kappa shape index (κ2) is 8.08. The molecule has 2 aromatic heterocycles. The van der Waals surface area contributed by atoms with Crippen LogP contribution < -0.4 is 5.73 Å². The topological polar surface area (TPSA) is 112 Å². The van der Waals surface area contributed by atoms with Crippen molar-refractivity contribution < 1.29 is 18.7 Å². The second-order valence-electron chi connectivity index (χ2n) is 7.17. The molecule has 1 saturated heterocycles. The number of morpholine rings is 1. The zero-order chi connectivity index (χ0) is 21.3. The summed E-state index contributed by atoms with van der Waals surface area (Å²) >= 11 is 0. The number of aryl methyl sites for hydroxylation is 2. The van der Waals surface area contributed by atoms with E-state index in [-0.39, 0.29) is 17.8 Å². The predicted molar refractivity (Wildman–Crippen MR) is 109 cm³/mol. The fourth-order valence-corrected chi connectivity index (χ4v) is 3.50. The fraction of sp³-hybridized carbons (Fsp3) is 0.273. The van der Waals surface area contributed by atoms with E-state index < -0.39 is 5.91 Å². The summed E-state index contributed by atoms with van der Waals surface area (Å²) in [7, 11) is 0. The molecule has 8 heteroatoms. The van der Waals surface area contributed by atoms with Crippen molar-refractivity contribution in [2.24, 2.45) is 5.73 Å². The number of benzene rings is 1. The SMILES string of the molecule is Cc1nc(C)c(C(=O)N2CCOC(c3ccc(-c4cccc(C(N)=O)c4)cn3)C2)o1. The van der Waals surface area contributed by atoms with Crippen molar-refractivity contribution in [1.82, 2.24) is 14.9 Å². The molecule has 3 aromatic rings. The number of rotatable bonds is 4. The first-order valence-corrected chi connectivity index (χ1v) is 9.63. The number of carbonyl (C=O) groups is 2. The summed E-state index contributed by atoms with van der Waals surface area (Å²) in [5.41, 5.74) is 8.83. The number of ether oxygens (including phenoxy) is 1. The van der Waals surface area contributed by atoms with Crippen molar-refractivity contribution >= 4 is 11.8 Å². The summed E-state index contributed by atoms with van der Waals surface area (Å²) in [6.07, 6.45) is 1.39. The zero-order valence-electron chi connectivity index (χ0n) is 16.8. The molecule has 0 bridgehead atoms. The van der Waals surface area contributed by atoms with Crippen molar-refractivity contribution in [3.63, 3.8) is 0 Å². The van der Waals surface area contributed by atoms with Gasteiger partial charge in [0.2, 0.25) is 11.7 Å². The van der Waals surface area contributed by atoms with Crippen LogP contribution in [-0.2, 0) is 4.74 Å². The number of hydrogen-bond donors (Lipinski definition) is 1. The highest BCUT2D eigenvalue weighted by Crippen LogP contribution is 2.26. The van der Waals surface area contributed by atoms with Gasteiger partial charge in [0.25, 0.3) is 5.91 Å². The van der Waals surface area contributed by atoms with Crippen molar-refractivity contribution in [3.05, 3.63) is 71.2 Å². The van der Waals surface area contributed by atoms with E-state index in [1.165, 1.54) is 0 Å². The van der Waals surface area contributed by atoms with Gasteiger partial charge in [-0.1, -0.05) is 18.2 Å². The van der Waals surface area contributed by atoms with Gasteiger partial charge in [-0.3, -0.25) is 14.6 Å². The molecule has 0 aliphatic carbocycles. The molecular formula is C22H22N4O4. The first-order chi connectivity index (χ1) is 14.4. The van der Waals surface area contributed by atoms with Crippen LogP contribution >= 0.6 is 0 Å². The van der Waals surface area contributed by atoms with E-state index in [1.54, 1.807) is 43.1 Å². The largest absolute Gasteiger partial charge is 0.436 e. The van der Waals surface area contributed by atoms with Gasteiger partial charge >= 0.3 is 0 Å². The van der Waals surface area contributed by atoms with Crippen molar-refractivity contribution in [2.45, 2.75) is 20.0 Å². The Morgan fingerprint density at radius 3 is 2.67 bits per heavy atom. The van der Waals surface area contributed by atoms with E-state index in [0.29, 0.717) is 36.8 Å². The Labute approximate surface area is 173 Å².